The maximum atomic E-state index is 12.5. The van der Waals surface area contributed by atoms with E-state index < -0.39 is 23.8 Å². The third-order valence-electron chi connectivity index (χ3n) is 4.70. The van der Waals surface area contributed by atoms with Gasteiger partial charge in [-0.25, -0.2) is 4.79 Å². The lowest BCUT2D eigenvalue weighted by Crippen LogP contribution is -2.39. The fourth-order valence-corrected chi connectivity index (χ4v) is 3.64. The largest absolute Gasteiger partial charge is 0.468 e. The van der Waals surface area contributed by atoms with Crippen LogP contribution in [-0.4, -0.2) is 26.2 Å². The number of hydrogen-bond acceptors (Lipinski definition) is 6. The van der Waals surface area contributed by atoms with Crippen LogP contribution in [-0.2, 0) is 19.1 Å². The Kier molecular flexibility index (Phi) is 5.61. The number of esters is 2. The highest BCUT2D eigenvalue weighted by Gasteiger charge is 2.44. The number of allylic oxidation sites excluding steroid dienone is 1. The van der Waals surface area contributed by atoms with E-state index in [2.05, 4.69) is 11.9 Å². The third kappa shape index (κ3) is 3.43. The van der Waals surface area contributed by atoms with Gasteiger partial charge in [0, 0.05) is 17.0 Å². The summed E-state index contributed by atoms with van der Waals surface area (Å²) in [7, 11) is 2.57. The Morgan fingerprint density at radius 3 is 2.50 bits per heavy atom. The Labute approximate surface area is 167 Å². The molecular weight excluding hydrogens is 382 g/mol. The molecule has 0 amide bonds. The lowest BCUT2D eigenvalue weighted by atomic mass is 9.78. The van der Waals surface area contributed by atoms with Gasteiger partial charge in [0.25, 0.3) is 0 Å². The highest BCUT2D eigenvalue weighted by Crippen LogP contribution is 2.43. The molecule has 0 radical (unpaired) electrons. The molecule has 146 valence electrons. The number of ether oxygens (including phenoxy) is 2. The number of nitrogens with one attached hydrogen (secondary N) is 1. The molecule has 0 aliphatic carbocycles. The Morgan fingerprint density at radius 2 is 1.86 bits per heavy atom. The summed E-state index contributed by atoms with van der Waals surface area (Å²) in [6, 6.07) is 10.7. The number of methoxy groups -OCH3 is 2. The van der Waals surface area contributed by atoms with Crippen LogP contribution in [0.2, 0.25) is 5.02 Å². The molecule has 2 atom stereocenters. The second kappa shape index (κ2) is 7.94. The number of halogens is 1. The van der Waals surface area contributed by atoms with Crippen LogP contribution < -0.4 is 5.32 Å². The standard InChI is InChI=1S/C21H20ClNO5/c1-11-17(20(24)26-3)19(18(12(2)23-11)21(25)27-4)16-10-9-15(28-16)13-7-5-6-8-14(13)22/h5-10,17,19,23H,1H2,2-4H3. The topological polar surface area (TPSA) is 77.8 Å². The van der Waals surface area contributed by atoms with Crippen molar-refractivity contribution in [1.82, 2.24) is 5.32 Å². The van der Waals surface area contributed by atoms with E-state index in [0.717, 1.165) is 0 Å². The van der Waals surface area contributed by atoms with Gasteiger partial charge in [-0.2, -0.15) is 0 Å². The van der Waals surface area contributed by atoms with Crippen molar-refractivity contribution in [3.63, 3.8) is 0 Å². The molecule has 6 nitrogen and oxygen atoms in total. The van der Waals surface area contributed by atoms with Crippen molar-refractivity contribution >= 4 is 23.5 Å². The number of carbonyl (C=O) groups is 2. The van der Waals surface area contributed by atoms with Gasteiger partial charge < -0.3 is 19.2 Å². The first kappa shape index (κ1) is 19.8. The fraction of sp³-hybridized carbons (Fsp3) is 0.238. The number of benzene rings is 1. The van der Waals surface area contributed by atoms with E-state index in [-0.39, 0.29) is 5.57 Å². The molecular formula is C21H20ClNO5. The molecule has 0 spiro atoms. The number of rotatable bonds is 4. The summed E-state index contributed by atoms with van der Waals surface area (Å²) in [5.74, 6) is -1.76. The Morgan fingerprint density at radius 1 is 1.14 bits per heavy atom. The van der Waals surface area contributed by atoms with Crippen LogP contribution in [0.15, 0.2) is 64.4 Å². The van der Waals surface area contributed by atoms with Crippen LogP contribution in [0.3, 0.4) is 0 Å². The summed E-state index contributed by atoms with van der Waals surface area (Å²) < 4.78 is 15.9. The minimum atomic E-state index is -0.854. The lowest BCUT2D eigenvalue weighted by molar-refractivity contribution is -0.145. The maximum absolute atomic E-state index is 12.5. The van der Waals surface area contributed by atoms with Gasteiger partial charge in [0.15, 0.2) is 0 Å². The van der Waals surface area contributed by atoms with E-state index in [1.165, 1.54) is 14.2 Å². The maximum Gasteiger partial charge on any atom is 0.336 e. The lowest BCUT2D eigenvalue weighted by Gasteiger charge is -2.33. The molecule has 28 heavy (non-hydrogen) atoms. The molecule has 2 unspecified atom stereocenters. The first-order chi connectivity index (χ1) is 13.4. The second-order valence-electron chi connectivity index (χ2n) is 6.34. The highest BCUT2D eigenvalue weighted by molar-refractivity contribution is 6.33. The van der Waals surface area contributed by atoms with Gasteiger partial charge in [-0.3, -0.25) is 4.79 Å². The zero-order chi connectivity index (χ0) is 20.4. The minimum absolute atomic E-state index is 0.283. The van der Waals surface area contributed by atoms with Crippen LogP contribution in [0.5, 0.6) is 0 Å². The quantitative estimate of drug-likeness (QED) is 0.779. The summed E-state index contributed by atoms with van der Waals surface area (Å²) in [6.07, 6.45) is 0. The predicted octanol–water partition coefficient (Wildman–Crippen LogP) is 4.04. The van der Waals surface area contributed by atoms with Crippen LogP contribution in [0, 0.1) is 5.92 Å². The van der Waals surface area contributed by atoms with E-state index in [0.29, 0.717) is 33.5 Å². The van der Waals surface area contributed by atoms with Crippen molar-refractivity contribution in [2.24, 2.45) is 5.92 Å². The molecule has 1 aromatic heterocycles. The molecule has 2 heterocycles. The zero-order valence-electron chi connectivity index (χ0n) is 15.7. The van der Waals surface area contributed by atoms with Gasteiger partial charge in [0.2, 0.25) is 0 Å². The molecule has 0 saturated carbocycles. The normalized spacial score (nSPS) is 19.2. The first-order valence-electron chi connectivity index (χ1n) is 8.56. The molecule has 7 heteroatoms. The van der Waals surface area contributed by atoms with E-state index in [1.54, 1.807) is 25.1 Å². The van der Waals surface area contributed by atoms with E-state index in [4.69, 9.17) is 25.5 Å². The molecule has 0 bridgehead atoms. The van der Waals surface area contributed by atoms with Crippen molar-refractivity contribution in [2.45, 2.75) is 12.8 Å². The number of carbonyl (C=O) groups excluding carboxylic acids is 2. The average Bonchev–Trinajstić information content (AvgIpc) is 3.16. The van der Waals surface area contributed by atoms with Crippen molar-refractivity contribution in [2.75, 3.05) is 14.2 Å². The Balaban J connectivity index is 2.15. The van der Waals surface area contributed by atoms with Gasteiger partial charge in [-0.15, -0.1) is 0 Å². The van der Waals surface area contributed by atoms with E-state index in [9.17, 15) is 9.59 Å². The predicted molar refractivity (Wildman–Crippen MR) is 104 cm³/mol. The number of hydrogen-bond donors (Lipinski definition) is 1. The van der Waals surface area contributed by atoms with E-state index >= 15 is 0 Å². The van der Waals surface area contributed by atoms with Crippen molar-refractivity contribution in [3.8, 4) is 11.3 Å². The first-order valence-corrected chi connectivity index (χ1v) is 8.94. The van der Waals surface area contributed by atoms with Crippen LogP contribution in [0.4, 0.5) is 0 Å². The summed E-state index contributed by atoms with van der Waals surface area (Å²) in [5, 5.41) is 3.51. The fourth-order valence-electron chi connectivity index (χ4n) is 3.41. The highest BCUT2D eigenvalue weighted by atomic mass is 35.5. The molecule has 1 aromatic carbocycles. The van der Waals surface area contributed by atoms with Crippen molar-refractivity contribution < 1.29 is 23.5 Å². The van der Waals surface area contributed by atoms with Crippen LogP contribution in [0.25, 0.3) is 11.3 Å². The molecule has 3 rings (SSSR count). The SMILES string of the molecule is C=C1NC(C)=C(C(=O)OC)C(c2ccc(-c3ccccc3Cl)o2)C1C(=O)OC. The zero-order valence-corrected chi connectivity index (χ0v) is 16.5. The Bertz CT molecular complexity index is 975. The monoisotopic (exact) mass is 401 g/mol. The summed E-state index contributed by atoms with van der Waals surface area (Å²) in [4.78, 5) is 25.0. The smallest absolute Gasteiger partial charge is 0.336 e. The van der Waals surface area contributed by atoms with Gasteiger partial charge in [0.05, 0.1) is 30.7 Å². The minimum Gasteiger partial charge on any atom is -0.468 e. The third-order valence-corrected chi connectivity index (χ3v) is 5.03. The van der Waals surface area contributed by atoms with E-state index in [1.807, 2.05) is 18.2 Å². The molecule has 0 fully saturated rings. The molecule has 0 saturated heterocycles. The van der Waals surface area contributed by atoms with Crippen LogP contribution in [0.1, 0.15) is 18.6 Å². The van der Waals surface area contributed by atoms with Crippen molar-refractivity contribution in [1.29, 1.82) is 0 Å². The molecule has 1 N–H and O–H groups in total. The van der Waals surface area contributed by atoms with Gasteiger partial charge in [0.1, 0.15) is 17.4 Å². The Hall–Kier alpha value is -2.99. The van der Waals surface area contributed by atoms with Gasteiger partial charge in [-0.1, -0.05) is 30.3 Å². The second-order valence-corrected chi connectivity index (χ2v) is 6.75. The summed E-state index contributed by atoms with van der Waals surface area (Å²) in [5.41, 5.74) is 1.94. The molecule has 2 aromatic rings. The van der Waals surface area contributed by atoms with Gasteiger partial charge >= 0.3 is 11.9 Å². The summed E-state index contributed by atoms with van der Waals surface area (Å²) >= 11 is 6.26. The average molecular weight is 402 g/mol. The van der Waals surface area contributed by atoms with Crippen LogP contribution >= 0.6 is 11.6 Å². The number of furan rings is 1. The molecule has 1 aliphatic rings. The summed E-state index contributed by atoms with van der Waals surface area (Å²) in [6.45, 7) is 5.65. The molecule has 1 aliphatic heterocycles. The van der Waals surface area contributed by atoms with Gasteiger partial charge in [-0.05, 0) is 31.2 Å². The van der Waals surface area contributed by atoms with Crippen molar-refractivity contribution in [3.05, 3.63) is 70.7 Å².